The highest BCUT2D eigenvalue weighted by molar-refractivity contribution is 5.91. The quantitative estimate of drug-likeness (QED) is 0.341. The molecule has 0 radical (unpaired) electrons. The van der Waals surface area contributed by atoms with Crippen molar-refractivity contribution in [1.29, 1.82) is 5.26 Å². The predicted molar refractivity (Wildman–Crippen MR) is 140 cm³/mol. The summed E-state index contributed by atoms with van der Waals surface area (Å²) < 4.78 is 91.3. The molecule has 0 fully saturated rings. The van der Waals surface area contributed by atoms with E-state index >= 15 is 0 Å². The van der Waals surface area contributed by atoms with E-state index < -0.39 is 47.6 Å². The summed E-state index contributed by atoms with van der Waals surface area (Å²) in [7, 11) is 1.38. The average molecular weight is 609 g/mol. The fourth-order valence-corrected chi connectivity index (χ4v) is 4.92. The van der Waals surface area contributed by atoms with E-state index in [1.54, 1.807) is 19.9 Å². The SMILES string of the molecule is CCOC(=O)N1c2ccc(OC)nc2[C@@H](c2ncc(C#N)c(Cc3cc(C(F)(F)F)cc(C(F)(F)F)c3)n2)C[C@@]1(N)CC. The van der Waals surface area contributed by atoms with Gasteiger partial charge in [0.15, 0.2) is 0 Å². The number of fused-ring (bicyclic) bond motifs is 1. The number of nitriles is 1. The Morgan fingerprint density at radius 3 is 2.30 bits per heavy atom. The summed E-state index contributed by atoms with van der Waals surface area (Å²) in [6, 6.07) is 6.11. The number of pyridine rings is 1. The highest BCUT2D eigenvalue weighted by Crippen LogP contribution is 2.45. The fourth-order valence-electron chi connectivity index (χ4n) is 4.92. The summed E-state index contributed by atoms with van der Waals surface area (Å²) in [4.78, 5) is 27.5. The van der Waals surface area contributed by atoms with E-state index in [-0.39, 0.29) is 65.4 Å². The predicted octanol–water partition coefficient (Wildman–Crippen LogP) is 5.94. The lowest BCUT2D eigenvalue weighted by molar-refractivity contribution is -0.143. The summed E-state index contributed by atoms with van der Waals surface area (Å²) >= 11 is 0. The zero-order valence-electron chi connectivity index (χ0n) is 23.2. The third-order valence-electron chi connectivity index (χ3n) is 7.06. The first-order valence-corrected chi connectivity index (χ1v) is 13.0. The summed E-state index contributed by atoms with van der Waals surface area (Å²) in [6.45, 7) is 3.46. The van der Waals surface area contributed by atoms with Gasteiger partial charge in [0.2, 0.25) is 5.88 Å². The number of carbonyl (C=O) groups is 1. The third kappa shape index (κ3) is 6.34. The van der Waals surface area contributed by atoms with Gasteiger partial charge in [-0.05, 0) is 49.6 Å². The number of ether oxygens (including phenoxy) is 2. The van der Waals surface area contributed by atoms with Crippen LogP contribution in [0.15, 0.2) is 36.5 Å². The molecule has 2 aromatic heterocycles. The van der Waals surface area contributed by atoms with Crippen molar-refractivity contribution in [2.45, 2.75) is 57.0 Å². The van der Waals surface area contributed by atoms with Crippen LogP contribution in [0.2, 0.25) is 0 Å². The van der Waals surface area contributed by atoms with Crippen LogP contribution in [0.4, 0.5) is 36.8 Å². The van der Waals surface area contributed by atoms with E-state index in [0.29, 0.717) is 12.1 Å². The molecule has 2 atom stereocenters. The zero-order valence-corrected chi connectivity index (χ0v) is 23.2. The lowest BCUT2D eigenvalue weighted by atomic mass is 9.83. The number of alkyl halides is 6. The van der Waals surface area contributed by atoms with Gasteiger partial charge in [-0.1, -0.05) is 6.92 Å². The zero-order chi connectivity index (χ0) is 31.7. The first kappa shape index (κ1) is 31.5. The van der Waals surface area contributed by atoms with Crippen molar-refractivity contribution in [2.75, 3.05) is 18.6 Å². The van der Waals surface area contributed by atoms with Crippen molar-refractivity contribution in [2.24, 2.45) is 5.73 Å². The Morgan fingerprint density at radius 1 is 1.12 bits per heavy atom. The second-order valence-electron chi connectivity index (χ2n) is 9.80. The summed E-state index contributed by atoms with van der Waals surface area (Å²) in [5, 5.41) is 9.66. The highest BCUT2D eigenvalue weighted by Gasteiger charge is 2.47. The smallest absolute Gasteiger partial charge is 0.416 e. The monoisotopic (exact) mass is 608 g/mol. The maximum absolute atomic E-state index is 13.5. The van der Waals surface area contributed by atoms with Crippen molar-refractivity contribution < 1.29 is 40.6 Å². The number of aromatic nitrogens is 3. The molecule has 15 heteroatoms. The Labute approximate surface area is 242 Å². The molecule has 1 aromatic carbocycles. The number of halogens is 6. The fraction of sp³-hybridized carbons (Fsp3) is 0.393. The summed E-state index contributed by atoms with van der Waals surface area (Å²) in [5.74, 6) is -0.573. The number of hydrogen-bond acceptors (Lipinski definition) is 8. The molecule has 9 nitrogen and oxygen atoms in total. The minimum atomic E-state index is -5.04. The molecule has 0 saturated carbocycles. The maximum atomic E-state index is 13.5. The average Bonchev–Trinajstić information content (AvgIpc) is 2.95. The Balaban J connectivity index is 1.86. The van der Waals surface area contributed by atoms with Crippen LogP contribution < -0.4 is 15.4 Å². The van der Waals surface area contributed by atoms with E-state index in [4.69, 9.17) is 15.2 Å². The van der Waals surface area contributed by atoms with Crippen LogP contribution in [-0.4, -0.2) is 40.4 Å². The van der Waals surface area contributed by atoms with Crippen LogP contribution in [0.3, 0.4) is 0 Å². The van der Waals surface area contributed by atoms with Gasteiger partial charge in [0, 0.05) is 18.7 Å². The molecule has 43 heavy (non-hydrogen) atoms. The molecule has 0 aliphatic carbocycles. The number of nitrogens with zero attached hydrogens (tertiary/aromatic N) is 5. The van der Waals surface area contributed by atoms with Gasteiger partial charge in [-0.25, -0.2) is 19.7 Å². The van der Waals surface area contributed by atoms with Gasteiger partial charge in [-0.2, -0.15) is 31.6 Å². The number of amides is 1. The second-order valence-corrected chi connectivity index (χ2v) is 9.80. The molecular weight excluding hydrogens is 582 g/mol. The number of carbonyl (C=O) groups excluding carboxylic acids is 1. The van der Waals surface area contributed by atoms with Crippen molar-refractivity contribution >= 4 is 11.8 Å². The molecule has 3 aromatic rings. The van der Waals surface area contributed by atoms with Crippen LogP contribution in [0, 0.1) is 11.3 Å². The van der Waals surface area contributed by atoms with Gasteiger partial charge >= 0.3 is 18.4 Å². The number of rotatable bonds is 6. The van der Waals surface area contributed by atoms with Gasteiger partial charge in [0.1, 0.15) is 17.6 Å². The molecule has 1 amide bonds. The second kappa shape index (κ2) is 11.7. The largest absolute Gasteiger partial charge is 0.481 e. The standard InChI is InChI=1S/C28H26F6N6O3/c1-4-26(36)12-19(23-21(6-7-22(39-23)42-3)40(26)25(41)43-5-2)24-37-14-16(13-35)20(38-24)10-15-8-17(27(29,30)31)11-18(9-15)28(32,33)34/h6-9,11,14,19H,4-5,10,12,36H2,1-3H3/t19-,26+/m0/s1. The number of methoxy groups -OCH3 is 1. The van der Waals surface area contributed by atoms with Crippen molar-refractivity contribution in [3.63, 3.8) is 0 Å². The van der Waals surface area contributed by atoms with E-state index in [1.165, 1.54) is 18.1 Å². The first-order valence-electron chi connectivity index (χ1n) is 13.0. The Morgan fingerprint density at radius 2 is 1.77 bits per heavy atom. The molecule has 0 unspecified atom stereocenters. The molecule has 1 aliphatic rings. The van der Waals surface area contributed by atoms with Crippen LogP contribution in [0.25, 0.3) is 0 Å². The summed E-state index contributed by atoms with van der Waals surface area (Å²) in [6.07, 6.45) is -9.94. The normalized spacial score (nSPS) is 18.5. The minimum absolute atomic E-state index is 0.0165. The van der Waals surface area contributed by atoms with Crippen LogP contribution in [0.1, 0.15) is 72.1 Å². The maximum Gasteiger partial charge on any atom is 0.416 e. The van der Waals surface area contributed by atoms with Crippen LogP contribution >= 0.6 is 0 Å². The molecule has 0 saturated heterocycles. The van der Waals surface area contributed by atoms with Crippen LogP contribution in [-0.2, 0) is 23.5 Å². The van der Waals surface area contributed by atoms with E-state index in [1.807, 2.05) is 6.07 Å². The highest BCUT2D eigenvalue weighted by atomic mass is 19.4. The lowest BCUT2D eigenvalue weighted by Crippen LogP contribution is -2.61. The van der Waals surface area contributed by atoms with E-state index in [0.717, 1.165) is 6.20 Å². The van der Waals surface area contributed by atoms with Gasteiger partial charge in [0.25, 0.3) is 0 Å². The van der Waals surface area contributed by atoms with Gasteiger partial charge in [0.05, 0.1) is 53.4 Å². The van der Waals surface area contributed by atoms with Gasteiger partial charge in [-0.3, -0.25) is 4.90 Å². The van der Waals surface area contributed by atoms with Crippen molar-refractivity contribution in [3.05, 3.63) is 76.0 Å². The molecule has 1 aliphatic heterocycles. The molecule has 4 rings (SSSR count). The number of anilines is 1. The third-order valence-corrected chi connectivity index (χ3v) is 7.06. The Kier molecular flexibility index (Phi) is 8.55. The van der Waals surface area contributed by atoms with Crippen molar-refractivity contribution in [3.8, 4) is 11.9 Å². The van der Waals surface area contributed by atoms with Gasteiger partial charge in [-0.15, -0.1) is 0 Å². The van der Waals surface area contributed by atoms with Crippen LogP contribution in [0.5, 0.6) is 5.88 Å². The summed E-state index contributed by atoms with van der Waals surface area (Å²) in [5.41, 5.74) is 2.38. The first-order chi connectivity index (χ1) is 20.1. The topological polar surface area (TPSA) is 127 Å². The number of hydrogen-bond donors (Lipinski definition) is 1. The molecule has 0 bridgehead atoms. The molecular formula is C28H26F6N6O3. The van der Waals surface area contributed by atoms with Gasteiger partial charge < -0.3 is 15.2 Å². The molecule has 228 valence electrons. The van der Waals surface area contributed by atoms with E-state index in [2.05, 4.69) is 15.0 Å². The number of benzene rings is 1. The molecule has 2 N–H and O–H groups in total. The Hall–Kier alpha value is -4.45. The number of nitrogens with two attached hydrogens (primary N) is 1. The van der Waals surface area contributed by atoms with E-state index in [9.17, 15) is 36.4 Å². The molecule has 3 heterocycles. The van der Waals surface area contributed by atoms with Crippen molar-refractivity contribution in [1.82, 2.24) is 15.0 Å². The molecule has 0 spiro atoms. The Bertz CT molecular complexity index is 1540. The lowest BCUT2D eigenvalue weighted by Gasteiger charge is -2.46. The minimum Gasteiger partial charge on any atom is -0.481 e.